The maximum atomic E-state index is 8.55. The fourth-order valence-corrected chi connectivity index (χ4v) is 0. The molecule has 0 spiro atoms. The molecule has 0 aliphatic carbocycles. The smallest absolute Gasteiger partial charge is 1.00 e. The van der Waals surface area contributed by atoms with Gasteiger partial charge in [0.1, 0.15) is 0 Å². The monoisotopic (exact) mass is 296 g/mol. The van der Waals surface area contributed by atoms with E-state index in [4.69, 9.17) is 19.2 Å². The van der Waals surface area contributed by atoms with Gasteiger partial charge in [0.25, 0.3) is 0 Å². The van der Waals surface area contributed by atoms with Gasteiger partial charge in [-0.3, -0.25) is 0 Å². The van der Waals surface area contributed by atoms with Crippen LogP contribution in [0.4, 0.5) is 0 Å². The molecular weight excluding hydrogens is 297 g/mol. The third-order valence-electron chi connectivity index (χ3n) is 0. The molecule has 0 heterocycles. The Hall–Kier alpha value is 6.33. The fourth-order valence-electron chi connectivity index (χ4n) is 0. The van der Waals surface area contributed by atoms with Gasteiger partial charge in [-0.05, 0) is 0 Å². The Morgan fingerprint density at radius 2 is 0.750 bits per heavy atom. The number of halogens is 2. The van der Waals surface area contributed by atoms with E-state index in [1.54, 1.807) is 0 Å². The minimum atomic E-state index is -5.39. The molecule has 0 amide bonds. The molecule has 0 fully saturated rings. The number of hydrogen-bond acceptors (Lipinski definition) is 4. The van der Waals surface area contributed by atoms with Crippen LogP contribution in [0.15, 0.2) is 0 Å². The Bertz CT molecular complexity index is 71.2. The molecule has 48 valence electrons. The van der Waals surface area contributed by atoms with E-state index in [9.17, 15) is 0 Å². The van der Waals surface area contributed by atoms with Crippen LogP contribution in [0, 0.1) is 0 Å². The molecule has 0 rings (SSSR count). The zero-order chi connectivity index (χ0) is 4.50. The van der Waals surface area contributed by atoms with Gasteiger partial charge < -0.3 is 44.1 Å². The number of hydrogen-bond donors (Lipinski definition) is 0. The molecule has 0 aromatic rings. The molecule has 0 atom stereocenters. The summed E-state index contributed by atoms with van der Waals surface area (Å²) in [6, 6.07) is 0. The van der Waals surface area contributed by atoms with Crippen molar-refractivity contribution in [2.75, 3.05) is 0 Å². The second kappa shape index (κ2) is 30.4. The van der Waals surface area contributed by atoms with Crippen LogP contribution in [-0.2, 0) is 4.57 Å². The van der Waals surface area contributed by atoms with Crippen LogP contribution in [0.3, 0.4) is 0 Å². The molecule has 0 aliphatic rings. The van der Waals surface area contributed by atoms with Gasteiger partial charge in [-0.25, -0.2) is 0 Å². The number of rotatable bonds is 0. The zero-order valence-electron chi connectivity index (χ0n) is 7.84. The van der Waals surface area contributed by atoms with E-state index in [1.807, 2.05) is 0 Å². The molecule has 0 aromatic heterocycles. The molecule has 4 nitrogen and oxygen atoms in total. The van der Waals surface area contributed by atoms with Crippen LogP contribution in [0.1, 0.15) is 0 Å². The van der Waals surface area contributed by atoms with E-state index >= 15 is 0 Å². The Kier molecular flexibility index (Phi) is 131. The molecule has 12 heteroatoms. The van der Waals surface area contributed by atoms with Crippen molar-refractivity contribution in [2.24, 2.45) is 0 Å². The van der Waals surface area contributed by atoms with E-state index in [-0.39, 0.29) is 194 Å². The van der Waals surface area contributed by atoms with Gasteiger partial charge in [-0.15, -0.1) is 0 Å². The van der Waals surface area contributed by atoms with Crippen molar-refractivity contribution in [1.82, 2.24) is 0 Å². The third kappa shape index (κ3) is 95.8. The average Bonchev–Trinajstić information content (AvgIpc) is 0.722. The quantitative estimate of drug-likeness (QED) is 0.328. The maximum absolute atomic E-state index is 8.55. The summed E-state index contributed by atoms with van der Waals surface area (Å²) in [4.78, 5) is 25.6. The van der Waals surface area contributed by atoms with E-state index in [0.717, 1.165) is 0 Å². The predicted octanol–water partition coefficient (Wildman–Crippen LogP) is -23.8. The van der Waals surface area contributed by atoms with Crippen molar-refractivity contribution in [3.8, 4) is 0 Å². The van der Waals surface area contributed by atoms with Crippen molar-refractivity contribution in [3.63, 3.8) is 0 Å². The fraction of sp³-hybridized carbons (Fsp3) is 0. The van der Waals surface area contributed by atoms with Crippen molar-refractivity contribution >= 4 is 7.82 Å². The van der Waals surface area contributed by atoms with Crippen molar-refractivity contribution in [2.45, 2.75) is 0 Å². The molecule has 0 aromatic carbocycles. The predicted molar refractivity (Wildman–Crippen MR) is 7.61 cm³/mol. The zero-order valence-corrected chi connectivity index (χ0v) is 21.4. The summed E-state index contributed by atoms with van der Waals surface area (Å²) in [5, 5.41) is 0. The van der Waals surface area contributed by atoms with Gasteiger partial charge in [0, 0.05) is 0 Å². The molecule has 0 saturated heterocycles. The largest absolute Gasteiger partial charge is 1.00 e. The molecule has 0 N–H and O–H groups in total. The molecular formula is Cl2KNa4O4P. The molecule has 0 aliphatic heterocycles. The summed E-state index contributed by atoms with van der Waals surface area (Å²) in [5.74, 6) is 0. The Labute approximate surface area is 215 Å². The summed E-state index contributed by atoms with van der Waals surface area (Å²) in [6.45, 7) is 0. The van der Waals surface area contributed by atoms with Crippen LogP contribution in [0.2, 0.25) is 0 Å². The first-order valence-corrected chi connectivity index (χ1v) is 2.19. The molecule has 0 radical (unpaired) electrons. The van der Waals surface area contributed by atoms with Gasteiger partial charge in [0.05, 0.1) is 0 Å². The Balaban J connectivity index is -0.00000000381. The Morgan fingerprint density at radius 1 is 0.750 bits per heavy atom. The summed E-state index contributed by atoms with van der Waals surface area (Å²) in [6.07, 6.45) is 0. The standard InChI is InChI=1S/2ClH.K.4Na.H3O4P/c;;;;;;;1-5(2,3)4/h2*1H;;;;;;(H3,1,2,3,4)/q;;5*+1;/p-5. The van der Waals surface area contributed by atoms with E-state index < -0.39 is 7.82 Å². The third-order valence-corrected chi connectivity index (χ3v) is 0. The van der Waals surface area contributed by atoms with Crippen LogP contribution in [0.25, 0.3) is 0 Å². The normalized spacial score (nSPS) is 4.92. The Morgan fingerprint density at radius 3 is 0.750 bits per heavy atom. The minimum Gasteiger partial charge on any atom is -1.00 e. The first kappa shape index (κ1) is 51.6. The van der Waals surface area contributed by atoms with Gasteiger partial charge >= 0.3 is 170 Å². The van der Waals surface area contributed by atoms with Crippen molar-refractivity contribution < 1.29 is 214 Å². The molecule has 0 saturated carbocycles. The molecule has 12 heavy (non-hydrogen) atoms. The van der Waals surface area contributed by atoms with Crippen molar-refractivity contribution in [3.05, 3.63) is 0 Å². The average molecular weight is 297 g/mol. The van der Waals surface area contributed by atoms with Crippen LogP contribution in [-0.4, -0.2) is 0 Å². The van der Waals surface area contributed by atoms with E-state index in [0.29, 0.717) is 0 Å². The van der Waals surface area contributed by atoms with Gasteiger partial charge in [-0.2, -0.15) is 7.82 Å². The van der Waals surface area contributed by atoms with Crippen LogP contribution in [0.5, 0.6) is 0 Å². The number of phosphoric acid groups is 1. The van der Waals surface area contributed by atoms with E-state index in [1.165, 1.54) is 0 Å². The van der Waals surface area contributed by atoms with Gasteiger partial charge in [0.2, 0.25) is 0 Å². The maximum Gasteiger partial charge on any atom is 1.00 e. The first-order valence-electron chi connectivity index (χ1n) is 0.730. The summed E-state index contributed by atoms with van der Waals surface area (Å²) < 4.78 is 8.55. The van der Waals surface area contributed by atoms with Gasteiger partial charge in [0.15, 0.2) is 0 Å². The second-order valence-electron chi connectivity index (χ2n) is 0.447. The topological polar surface area (TPSA) is 86.2 Å². The SMILES string of the molecule is O=P([O-])([O-])[O-].[Cl-].[Cl-].[K+].[Na+].[Na+].[Na+].[Na+]. The van der Waals surface area contributed by atoms with Crippen LogP contribution < -0.4 is 209 Å². The van der Waals surface area contributed by atoms with Gasteiger partial charge in [-0.1, -0.05) is 0 Å². The molecule has 0 bridgehead atoms. The molecule has 0 unspecified atom stereocenters. The summed E-state index contributed by atoms with van der Waals surface area (Å²) in [7, 11) is -5.39. The van der Waals surface area contributed by atoms with Crippen molar-refractivity contribution in [1.29, 1.82) is 0 Å². The van der Waals surface area contributed by atoms with E-state index in [2.05, 4.69) is 0 Å². The second-order valence-corrected chi connectivity index (χ2v) is 1.34. The summed E-state index contributed by atoms with van der Waals surface area (Å²) in [5.41, 5.74) is 0. The minimum absolute atomic E-state index is 0. The van der Waals surface area contributed by atoms with Crippen LogP contribution >= 0.6 is 7.82 Å². The first-order chi connectivity index (χ1) is 2.00. The summed E-state index contributed by atoms with van der Waals surface area (Å²) >= 11 is 0.